The molecule has 1 saturated heterocycles. The second kappa shape index (κ2) is 5.72. The number of rotatable bonds is 4. The number of ether oxygens (including phenoxy) is 1. The van der Waals surface area contributed by atoms with Crippen LogP contribution in [0.2, 0.25) is 0 Å². The van der Waals surface area contributed by atoms with Crippen molar-refractivity contribution in [3.8, 4) is 0 Å². The minimum Gasteiger partial charge on any atom is -0.378 e. The average Bonchev–Trinajstić information content (AvgIpc) is 2.78. The number of hydrogen-bond donors (Lipinski definition) is 1. The molecular weight excluding hydrogens is 238 g/mol. The lowest BCUT2D eigenvalue weighted by molar-refractivity contribution is 0.0340. The van der Waals surface area contributed by atoms with Crippen LogP contribution >= 0.6 is 0 Å². The van der Waals surface area contributed by atoms with Crippen molar-refractivity contribution in [3.63, 3.8) is 0 Å². The molecule has 0 saturated carbocycles. The Balaban J connectivity index is 1.60. The number of imidazole rings is 1. The number of fused-ring (bicyclic) bond motifs is 1. The van der Waals surface area contributed by atoms with Crippen molar-refractivity contribution in [1.82, 2.24) is 14.9 Å². The first-order valence-electron chi connectivity index (χ1n) is 7.07. The standard InChI is InChI=1S/C15H21N3O/c1-18-14-5-3-2-4-13(14)17-15(18)8-11-19-12-6-9-16-10-7-12/h2-5,12,16H,6-11H2,1H3. The first-order chi connectivity index (χ1) is 9.34. The van der Waals surface area contributed by atoms with Gasteiger partial charge in [-0.15, -0.1) is 0 Å². The number of aromatic nitrogens is 2. The van der Waals surface area contributed by atoms with E-state index in [2.05, 4.69) is 40.1 Å². The van der Waals surface area contributed by atoms with E-state index in [1.54, 1.807) is 0 Å². The van der Waals surface area contributed by atoms with E-state index in [1.807, 2.05) is 6.07 Å². The van der Waals surface area contributed by atoms with Crippen LogP contribution in [-0.4, -0.2) is 35.4 Å². The van der Waals surface area contributed by atoms with E-state index in [9.17, 15) is 0 Å². The Hall–Kier alpha value is -1.39. The molecule has 0 atom stereocenters. The van der Waals surface area contributed by atoms with Crippen molar-refractivity contribution in [3.05, 3.63) is 30.1 Å². The van der Waals surface area contributed by atoms with Crippen LogP contribution < -0.4 is 5.32 Å². The fourth-order valence-corrected chi connectivity index (χ4v) is 2.70. The van der Waals surface area contributed by atoms with Gasteiger partial charge in [0.2, 0.25) is 0 Å². The van der Waals surface area contributed by atoms with Crippen LogP contribution in [0.5, 0.6) is 0 Å². The summed E-state index contributed by atoms with van der Waals surface area (Å²) in [6.07, 6.45) is 3.57. The van der Waals surface area contributed by atoms with Gasteiger partial charge in [0.15, 0.2) is 0 Å². The van der Waals surface area contributed by atoms with Gasteiger partial charge in [0.25, 0.3) is 0 Å². The number of nitrogens with one attached hydrogen (secondary N) is 1. The molecule has 1 aromatic heterocycles. The SMILES string of the molecule is Cn1c(CCOC2CCNCC2)nc2ccccc21. The van der Waals surface area contributed by atoms with Crippen LogP contribution in [-0.2, 0) is 18.2 Å². The lowest BCUT2D eigenvalue weighted by Gasteiger charge is -2.22. The second-order valence-corrected chi connectivity index (χ2v) is 5.15. The molecule has 1 aliphatic rings. The molecular formula is C15H21N3O. The van der Waals surface area contributed by atoms with Crippen LogP contribution in [0.15, 0.2) is 24.3 Å². The second-order valence-electron chi connectivity index (χ2n) is 5.15. The van der Waals surface area contributed by atoms with E-state index >= 15 is 0 Å². The average molecular weight is 259 g/mol. The third kappa shape index (κ3) is 2.80. The van der Waals surface area contributed by atoms with Crippen molar-refractivity contribution in [2.24, 2.45) is 7.05 Å². The molecule has 0 bridgehead atoms. The van der Waals surface area contributed by atoms with Gasteiger partial charge < -0.3 is 14.6 Å². The zero-order chi connectivity index (χ0) is 13.1. The summed E-state index contributed by atoms with van der Waals surface area (Å²) in [5, 5.41) is 3.35. The molecule has 0 unspecified atom stereocenters. The minimum absolute atomic E-state index is 0.427. The van der Waals surface area contributed by atoms with E-state index in [1.165, 1.54) is 5.52 Å². The summed E-state index contributed by atoms with van der Waals surface area (Å²) < 4.78 is 8.11. The number of aryl methyl sites for hydroxylation is 1. The summed E-state index contributed by atoms with van der Waals surface area (Å²) in [5.41, 5.74) is 2.27. The molecule has 102 valence electrons. The van der Waals surface area contributed by atoms with E-state index in [-0.39, 0.29) is 0 Å². The van der Waals surface area contributed by atoms with Crippen molar-refractivity contribution < 1.29 is 4.74 Å². The highest BCUT2D eigenvalue weighted by Gasteiger charge is 2.13. The van der Waals surface area contributed by atoms with Crippen molar-refractivity contribution in [2.75, 3.05) is 19.7 Å². The summed E-state index contributed by atoms with van der Waals surface area (Å²) in [6, 6.07) is 8.26. The van der Waals surface area contributed by atoms with Gasteiger partial charge in [-0.1, -0.05) is 12.1 Å². The predicted octanol–water partition coefficient (Wildman–Crippen LogP) is 1.88. The molecule has 1 aliphatic heterocycles. The van der Waals surface area contributed by atoms with E-state index in [4.69, 9.17) is 4.74 Å². The first kappa shape index (κ1) is 12.6. The number of nitrogens with zero attached hydrogens (tertiary/aromatic N) is 2. The molecule has 1 aromatic carbocycles. The lowest BCUT2D eigenvalue weighted by atomic mass is 10.1. The smallest absolute Gasteiger partial charge is 0.111 e. The molecule has 2 heterocycles. The van der Waals surface area contributed by atoms with Crippen molar-refractivity contribution >= 4 is 11.0 Å². The van der Waals surface area contributed by atoms with Gasteiger partial charge in [-0.05, 0) is 38.1 Å². The van der Waals surface area contributed by atoms with Crippen LogP contribution in [0.4, 0.5) is 0 Å². The number of para-hydroxylation sites is 2. The number of benzene rings is 1. The van der Waals surface area contributed by atoms with Gasteiger partial charge >= 0.3 is 0 Å². The Morgan fingerprint density at radius 3 is 2.89 bits per heavy atom. The lowest BCUT2D eigenvalue weighted by Crippen LogP contribution is -2.32. The maximum Gasteiger partial charge on any atom is 0.111 e. The summed E-state index contributed by atoms with van der Waals surface area (Å²) >= 11 is 0. The third-order valence-electron chi connectivity index (χ3n) is 3.85. The van der Waals surface area contributed by atoms with Crippen molar-refractivity contribution in [1.29, 1.82) is 0 Å². The molecule has 4 heteroatoms. The van der Waals surface area contributed by atoms with Gasteiger partial charge in [-0.25, -0.2) is 4.98 Å². The van der Waals surface area contributed by atoms with Gasteiger partial charge in [-0.2, -0.15) is 0 Å². The Bertz CT molecular complexity index is 543. The monoisotopic (exact) mass is 259 g/mol. The molecule has 3 rings (SSSR count). The van der Waals surface area contributed by atoms with Crippen LogP contribution in [0, 0.1) is 0 Å². The molecule has 0 radical (unpaired) electrons. The zero-order valence-electron chi connectivity index (χ0n) is 11.4. The molecule has 1 fully saturated rings. The molecule has 0 spiro atoms. The van der Waals surface area contributed by atoms with E-state index in [0.29, 0.717) is 6.10 Å². The fraction of sp³-hybridized carbons (Fsp3) is 0.533. The van der Waals surface area contributed by atoms with E-state index < -0.39 is 0 Å². The summed E-state index contributed by atoms with van der Waals surface area (Å²) in [6.45, 7) is 2.93. The van der Waals surface area contributed by atoms with Crippen molar-refractivity contribution in [2.45, 2.75) is 25.4 Å². The highest BCUT2D eigenvalue weighted by Crippen LogP contribution is 2.15. The Kier molecular flexibility index (Phi) is 3.80. The molecule has 19 heavy (non-hydrogen) atoms. The quantitative estimate of drug-likeness (QED) is 0.911. The molecule has 2 aromatic rings. The van der Waals surface area contributed by atoms with Gasteiger partial charge in [0, 0.05) is 13.5 Å². The normalized spacial score (nSPS) is 17.1. The van der Waals surface area contributed by atoms with Crippen LogP contribution in [0.1, 0.15) is 18.7 Å². The number of hydrogen-bond acceptors (Lipinski definition) is 3. The fourth-order valence-electron chi connectivity index (χ4n) is 2.70. The summed E-state index contributed by atoms with van der Waals surface area (Å²) in [7, 11) is 2.08. The molecule has 4 nitrogen and oxygen atoms in total. The highest BCUT2D eigenvalue weighted by molar-refractivity contribution is 5.75. The largest absolute Gasteiger partial charge is 0.378 e. The van der Waals surface area contributed by atoms with Crippen LogP contribution in [0.3, 0.4) is 0 Å². The summed E-state index contributed by atoms with van der Waals surface area (Å²) in [5.74, 6) is 1.11. The third-order valence-corrected chi connectivity index (χ3v) is 3.85. The predicted molar refractivity (Wildman–Crippen MR) is 76.3 cm³/mol. The van der Waals surface area contributed by atoms with Gasteiger partial charge in [-0.3, -0.25) is 0 Å². The maximum atomic E-state index is 5.94. The molecule has 1 N–H and O–H groups in total. The Labute approximate surface area is 113 Å². The zero-order valence-corrected chi connectivity index (χ0v) is 11.4. The molecule has 0 amide bonds. The Morgan fingerprint density at radius 2 is 2.11 bits per heavy atom. The maximum absolute atomic E-state index is 5.94. The first-order valence-corrected chi connectivity index (χ1v) is 7.07. The minimum atomic E-state index is 0.427. The van der Waals surface area contributed by atoms with Gasteiger partial charge in [0.05, 0.1) is 23.7 Å². The summed E-state index contributed by atoms with van der Waals surface area (Å²) in [4.78, 5) is 4.67. The Morgan fingerprint density at radius 1 is 1.32 bits per heavy atom. The topological polar surface area (TPSA) is 39.1 Å². The van der Waals surface area contributed by atoms with Crippen LogP contribution in [0.25, 0.3) is 11.0 Å². The highest BCUT2D eigenvalue weighted by atomic mass is 16.5. The molecule has 0 aliphatic carbocycles. The number of piperidine rings is 1. The van der Waals surface area contributed by atoms with E-state index in [0.717, 1.165) is 50.3 Å². The van der Waals surface area contributed by atoms with Gasteiger partial charge in [0.1, 0.15) is 5.82 Å².